The molecule has 3 heteroatoms. The molecule has 0 radical (unpaired) electrons. The molecule has 0 aliphatic heterocycles. The van der Waals surface area contributed by atoms with Gasteiger partial charge in [0, 0.05) is 11.2 Å². The van der Waals surface area contributed by atoms with Crippen LogP contribution in [0.2, 0.25) is 0 Å². The average molecular weight is 262 g/mol. The first kappa shape index (κ1) is 15.7. The van der Waals surface area contributed by atoms with E-state index in [4.69, 9.17) is 0 Å². The number of carbonyl (C=O) groups excluding carboxylic acids is 1. The summed E-state index contributed by atoms with van der Waals surface area (Å²) in [6.07, 6.45) is 0. The Bertz CT molecular complexity index is 422. The number of carbonyl (C=O) groups is 1. The van der Waals surface area contributed by atoms with Gasteiger partial charge < -0.3 is 10.6 Å². The van der Waals surface area contributed by atoms with Crippen molar-refractivity contribution in [3.05, 3.63) is 29.8 Å². The molecule has 0 fully saturated rings. The van der Waals surface area contributed by atoms with Crippen molar-refractivity contribution in [3.63, 3.8) is 0 Å². The lowest BCUT2D eigenvalue weighted by molar-refractivity contribution is -0.115. The van der Waals surface area contributed by atoms with Crippen LogP contribution in [0, 0.1) is 0 Å². The number of rotatable bonds is 3. The summed E-state index contributed by atoms with van der Waals surface area (Å²) in [6, 6.07) is 8.03. The molecule has 1 amide bonds. The summed E-state index contributed by atoms with van der Waals surface area (Å²) in [7, 11) is 0. The summed E-state index contributed by atoms with van der Waals surface area (Å²) in [4.78, 5) is 11.8. The quantitative estimate of drug-likeness (QED) is 0.877. The van der Waals surface area contributed by atoms with Crippen LogP contribution in [0.4, 0.5) is 5.69 Å². The summed E-state index contributed by atoms with van der Waals surface area (Å²) >= 11 is 0. The van der Waals surface area contributed by atoms with Gasteiger partial charge in [-0.05, 0) is 43.9 Å². The van der Waals surface area contributed by atoms with E-state index in [2.05, 4.69) is 43.5 Å². The Morgan fingerprint density at radius 1 is 1.00 bits per heavy atom. The molecule has 0 atom stereocenters. The molecule has 0 saturated carbocycles. The smallest absolute Gasteiger partial charge is 0.238 e. The van der Waals surface area contributed by atoms with Crippen LogP contribution in [0.15, 0.2) is 24.3 Å². The van der Waals surface area contributed by atoms with Crippen LogP contribution in [0.1, 0.15) is 47.1 Å². The van der Waals surface area contributed by atoms with Crippen molar-refractivity contribution >= 4 is 11.6 Å². The molecular weight excluding hydrogens is 236 g/mol. The van der Waals surface area contributed by atoms with Crippen LogP contribution in [0.5, 0.6) is 0 Å². The highest BCUT2D eigenvalue weighted by Crippen LogP contribution is 2.23. The molecule has 1 aromatic carbocycles. The fourth-order valence-electron chi connectivity index (χ4n) is 1.60. The average Bonchev–Trinajstić information content (AvgIpc) is 2.25. The Morgan fingerprint density at radius 2 is 1.53 bits per heavy atom. The van der Waals surface area contributed by atoms with Crippen molar-refractivity contribution in [1.82, 2.24) is 5.32 Å². The maximum absolute atomic E-state index is 11.8. The third-order valence-electron chi connectivity index (χ3n) is 2.81. The Hall–Kier alpha value is -1.35. The maximum Gasteiger partial charge on any atom is 0.238 e. The minimum atomic E-state index is -0.0482. The van der Waals surface area contributed by atoms with Gasteiger partial charge in [0.1, 0.15) is 0 Å². The first-order valence-electron chi connectivity index (χ1n) is 6.73. The zero-order valence-electron chi connectivity index (χ0n) is 12.9. The largest absolute Gasteiger partial charge is 0.325 e. The molecule has 0 aliphatic carbocycles. The molecule has 1 rings (SSSR count). The molecule has 3 nitrogen and oxygen atoms in total. The second-order valence-electron chi connectivity index (χ2n) is 6.98. The zero-order valence-corrected chi connectivity index (χ0v) is 12.9. The van der Waals surface area contributed by atoms with Gasteiger partial charge in [-0.3, -0.25) is 4.79 Å². The van der Waals surface area contributed by atoms with Gasteiger partial charge in [-0.25, -0.2) is 0 Å². The number of amides is 1. The Morgan fingerprint density at radius 3 is 1.95 bits per heavy atom. The molecule has 0 unspecified atom stereocenters. The topological polar surface area (TPSA) is 41.1 Å². The van der Waals surface area contributed by atoms with Gasteiger partial charge in [-0.2, -0.15) is 0 Å². The standard InChI is InChI=1S/C16H26N2O/c1-15(2,3)12-7-9-13(10-8-12)18-14(19)11-17-16(4,5)6/h7-10,17H,11H2,1-6H3,(H,18,19). The third-order valence-corrected chi connectivity index (χ3v) is 2.81. The Kier molecular flexibility index (Phi) is 4.75. The molecule has 2 N–H and O–H groups in total. The van der Waals surface area contributed by atoms with Crippen LogP contribution in [-0.4, -0.2) is 18.0 Å². The van der Waals surface area contributed by atoms with Gasteiger partial charge in [-0.15, -0.1) is 0 Å². The number of hydrogen-bond acceptors (Lipinski definition) is 2. The third kappa shape index (κ3) is 5.88. The highest BCUT2D eigenvalue weighted by atomic mass is 16.1. The lowest BCUT2D eigenvalue weighted by Gasteiger charge is -2.21. The minimum Gasteiger partial charge on any atom is -0.325 e. The van der Waals surface area contributed by atoms with Crippen LogP contribution in [0.25, 0.3) is 0 Å². The van der Waals surface area contributed by atoms with Crippen LogP contribution in [0.3, 0.4) is 0 Å². The van der Waals surface area contributed by atoms with E-state index in [1.165, 1.54) is 5.56 Å². The predicted molar refractivity (Wildman–Crippen MR) is 81.5 cm³/mol. The monoisotopic (exact) mass is 262 g/mol. The number of anilines is 1. The van der Waals surface area contributed by atoms with Crippen LogP contribution < -0.4 is 10.6 Å². The molecule has 0 aromatic heterocycles. The van der Waals surface area contributed by atoms with Gasteiger partial charge in [-0.1, -0.05) is 32.9 Å². The van der Waals surface area contributed by atoms with E-state index in [-0.39, 0.29) is 16.9 Å². The van der Waals surface area contributed by atoms with Crippen LogP contribution >= 0.6 is 0 Å². The molecule has 0 spiro atoms. The Balaban J connectivity index is 2.56. The molecule has 1 aromatic rings. The first-order chi connectivity index (χ1) is 8.58. The van der Waals surface area contributed by atoms with Crippen molar-refractivity contribution in [2.45, 2.75) is 52.5 Å². The van der Waals surface area contributed by atoms with Crippen molar-refractivity contribution in [2.75, 3.05) is 11.9 Å². The maximum atomic E-state index is 11.8. The highest BCUT2D eigenvalue weighted by Gasteiger charge is 2.14. The molecule has 19 heavy (non-hydrogen) atoms. The van der Waals surface area contributed by atoms with E-state index in [0.717, 1.165) is 5.69 Å². The first-order valence-corrected chi connectivity index (χ1v) is 6.73. The van der Waals surface area contributed by atoms with Gasteiger partial charge in [0.2, 0.25) is 5.91 Å². The summed E-state index contributed by atoms with van der Waals surface area (Å²) in [5.41, 5.74) is 2.19. The molecule has 106 valence electrons. The van der Waals surface area contributed by atoms with E-state index in [1.54, 1.807) is 0 Å². The predicted octanol–water partition coefficient (Wildman–Crippen LogP) is 3.31. The molecule has 0 aliphatic rings. The van der Waals surface area contributed by atoms with E-state index >= 15 is 0 Å². The van der Waals surface area contributed by atoms with Gasteiger partial charge >= 0.3 is 0 Å². The molecule has 0 bridgehead atoms. The minimum absolute atomic E-state index is 0.0153. The fourth-order valence-corrected chi connectivity index (χ4v) is 1.60. The normalized spacial score (nSPS) is 12.3. The highest BCUT2D eigenvalue weighted by molar-refractivity contribution is 5.92. The van der Waals surface area contributed by atoms with E-state index in [1.807, 2.05) is 32.9 Å². The lowest BCUT2D eigenvalue weighted by atomic mass is 9.87. The van der Waals surface area contributed by atoms with Crippen molar-refractivity contribution in [2.24, 2.45) is 0 Å². The second kappa shape index (κ2) is 5.74. The summed E-state index contributed by atoms with van der Waals surface area (Å²) in [5, 5.41) is 6.06. The summed E-state index contributed by atoms with van der Waals surface area (Å²) in [6.45, 7) is 13.0. The van der Waals surface area contributed by atoms with E-state index in [0.29, 0.717) is 6.54 Å². The molecule has 0 heterocycles. The number of hydrogen-bond donors (Lipinski definition) is 2. The van der Waals surface area contributed by atoms with Crippen molar-refractivity contribution in [3.8, 4) is 0 Å². The lowest BCUT2D eigenvalue weighted by Crippen LogP contribution is -2.41. The van der Waals surface area contributed by atoms with Gasteiger partial charge in [0.25, 0.3) is 0 Å². The van der Waals surface area contributed by atoms with E-state index < -0.39 is 0 Å². The zero-order chi connectivity index (χ0) is 14.7. The second-order valence-corrected chi connectivity index (χ2v) is 6.98. The van der Waals surface area contributed by atoms with E-state index in [9.17, 15) is 4.79 Å². The molecule has 0 saturated heterocycles. The Labute approximate surface area is 116 Å². The fraction of sp³-hybridized carbons (Fsp3) is 0.562. The summed E-state index contributed by atoms with van der Waals surface area (Å²) < 4.78 is 0. The van der Waals surface area contributed by atoms with Gasteiger partial charge in [0.05, 0.1) is 6.54 Å². The van der Waals surface area contributed by atoms with Crippen molar-refractivity contribution in [1.29, 1.82) is 0 Å². The summed E-state index contributed by atoms with van der Waals surface area (Å²) in [5.74, 6) is -0.0153. The number of nitrogens with one attached hydrogen (secondary N) is 2. The van der Waals surface area contributed by atoms with Crippen molar-refractivity contribution < 1.29 is 4.79 Å². The number of benzene rings is 1. The van der Waals surface area contributed by atoms with Gasteiger partial charge in [0.15, 0.2) is 0 Å². The van der Waals surface area contributed by atoms with Crippen LogP contribution in [-0.2, 0) is 10.2 Å². The SMILES string of the molecule is CC(C)(C)NCC(=O)Nc1ccc(C(C)(C)C)cc1. The molecular formula is C16H26N2O.